The SMILES string of the molecule is CCNCc1ccc(C)c(S(=O)(=O)NC(C)CSCC)c1. The number of rotatable bonds is 9. The van der Waals surface area contributed by atoms with Crippen LogP contribution in [0.2, 0.25) is 0 Å². The summed E-state index contributed by atoms with van der Waals surface area (Å²) in [6, 6.07) is 5.52. The molecule has 0 radical (unpaired) electrons. The Morgan fingerprint density at radius 3 is 2.62 bits per heavy atom. The largest absolute Gasteiger partial charge is 0.313 e. The first-order chi connectivity index (χ1) is 9.90. The highest BCUT2D eigenvalue weighted by molar-refractivity contribution is 7.99. The first-order valence-corrected chi connectivity index (χ1v) is 9.94. The highest BCUT2D eigenvalue weighted by Crippen LogP contribution is 2.18. The van der Waals surface area contributed by atoms with Crippen LogP contribution >= 0.6 is 11.8 Å². The molecule has 6 heteroatoms. The normalized spacial score (nSPS) is 13.3. The van der Waals surface area contributed by atoms with Gasteiger partial charge in [0.1, 0.15) is 0 Å². The lowest BCUT2D eigenvalue weighted by atomic mass is 10.1. The lowest BCUT2D eigenvalue weighted by molar-refractivity contribution is 0.570. The highest BCUT2D eigenvalue weighted by atomic mass is 32.2. The van der Waals surface area contributed by atoms with Crippen molar-refractivity contribution in [1.82, 2.24) is 10.0 Å². The zero-order valence-corrected chi connectivity index (χ0v) is 14.9. The van der Waals surface area contributed by atoms with E-state index in [1.807, 2.05) is 32.9 Å². The molecule has 0 saturated heterocycles. The minimum absolute atomic E-state index is 0.0724. The van der Waals surface area contributed by atoms with Gasteiger partial charge in [-0.1, -0.05) is 26.0 Å². The molecule has 1 unspecified atom stereocenters. The topological polar surface area (TPSA) is 58.2 Å². The standard InChI is InChI=1S/C15H26N2O2S2/c1-5-16-10-14-8-7-12(3)15(9-14)21(18,19)17-13(4)11-20-6-2/h7-9,13,16-17H,5-6,10-11H2,1-4H3. The van der Waals surface area contributed by atoms with Gasteiger partial charge in [-0.2, -0.15) is 11.8 Å². The predicted octanol–water partition coefficient (Wildman–Crippen LogP) is 2.52. The monoisotopic (exact) mass is 330 g/mol. The van der Waals surface area contributed by atoms with Gasteiger partial charge in [-0.05, 0) is 43.3 Å². The minimum Gasteiger partial charge on any atom is -0.313 e. The maximum absolute atomic E-state index is 12.5. The molecule has 0 amide bonds. The van der Waals surface area contributed by atoms with Crippen LogP contribution in [0.5, 0.6) is 0 Å². The summed E-state index contributed by atoms with van der Waals surface area (Å²) in [5, 5.41) is 3.21. The third kappa shape index (κ3) is 5.98. The second kappa shape index (κ2) is 8.78. The van der Waals surface area contributed by atoms with Gasteiger partial charge < -0.3 is 5.32 Å². The molecule has 0 aromatic heterocycles. The van der Waals surface area contributed by atoms with Crippen LogP contribution in [-0.2, 0) is 16.6 Å². The van der Waals surface area contributed by atoms with E-state index < -0.39 is 10.0 Å². The molecule has 1 aromatic rings. The summed E-state index contributed by atoms with van der Waals surface area (Å²) in [6.45, 7) is 9.37. The summed E-state index contributed by atoms with van der Waals surface area (Å²) in [4.78, 5) is 0.381. The molecular weight excluding hydrogens is 304 g/mol. The Hall–Kier alpha value is -0.560. The van der Waals surface area contributed by atoms with Gasteiger partial charge >= 0.3 is 0 Å². The molecule has 2 N–H and O–H groups in total. The lowest BCUT2D eigenvalue weighted by Crippen LogP contribution is -2.34. The van der Waals surface area contributed by atoms with Crippen molar-refractivity contribution in [3.05, 3.63) is 29.3 Å². The number of nitrogens with one attached hydrogen (secondary N) is 2. The fraction of sp³-hybridized carbons (Fsp3) is 0.600. The van der Waals surface area contributed by atoms with Crippen molar-refractivity contribution in [2.45, 2.75) is 45.2 Å². The Kier molecular flexibility index (Phi) is 7.73. The van der Waals surface area contributed by atoms with Gasteiger partial charge in [-0.15, -0.1) is 0 Å². The number of aryl methyl sites for hydroxylation is 1. The van der Waals surface area contributed by atoms with Crippen LogP contribution in [0.1, 0.15) is 31.9 Å². The molecule has 1 atom stereocenters. The molecule has 0 heterocycles. The van der Waals surface area contributed by atoms with Gasteiger partial charge in [0.25, 0.3) is 0 Å². The van der Waals surface area contributed by atoms with E-state index in [-0.39, 0.29) is 6.04 Å². The Balaban J connectivity index is 2.90. The van der Waals surface area contributed by atoms with Crippen LogP contribution < -0.4 is 10.0 Å². The molecule has 0 bridgehead atoms. The smallest absolute Gasteiger partial charge is 0.241 e. The third-order valence-corrected chi connectivity index (χ3v) is 5.92. The van der Waals surface area contributed by atoms with Crippen LogP contribution in [0, 0.1) is 6.92 Å². The van der Waals surface area contributed by atoms with Gasteiger partial charge in [0.15, 0.2) is 0 Å². The summed E-state index contributed by atoms with van der Waals surface area (Å²) in [6.07, 6.45) is 0. The van der Waals surface area contributed by atoms with Gasteiger partial charge in [0.2, 0.25) is 10.0 Å². The van der Waals surface area contributed by atoms with Gasteiger partial charge in [0.05, 0.1) is 4.90 Å². The van der Waals surface area contributed by atoms with Crippen molar-refractivity contribution in [1.29, 1.82) is 0 Å². The van der Waals surface area contributed by atoms with E-state index in [0.29, 0.717) is 11.4 Å². The third-order valence-electron chi connectivity index (χ3n) is 3.05. The fourth-order valence-corrected chi connectivity index (χ4v) is 4.29. The second-order valence-electron chi connectivity index (χ2n) is 5.06. The van der Waals surface area contributed by atoms with E-state index in [0.717, 1.165) is 29.2 Å². The molecule has 0 aliphatic heterocycles. The zero-order chi connectivity index (χ0) is 15.9. The number of thioether (sulfide) groups is 1. The summed E-state index contributed by atoms with van der Waals surface area (Å²) in [5.41, 5.74) is 1.76. The average Bonchev–Trinajstić information content (AvgIpc) is 2.43. The first-order valence-electron chi connectivity index (χ1n) is 7.31. The molecule has 0 fully saturated rings. The Labute approximate surface area is 133 Å². The predicted molar refractivity (Wildman–Crippen MR) is 91.3 cm³/mol. The summed E-state index contributed by atoms with van der Waals surface area (Å²) < 4.78 is 27.8. The van der Waals surface area contributed by atoms with Crippen LogP contribution in [0.4, 0.5) is 0 Å². The van der Waals surface area contributed by atoms with Gasteiger partial charge in [0, 0.05) is 18.3 Å². The van der Waals surface area contributed by atoms with Crippen molar-refractivity contribution >= 4 is 21.8 Å². The molecular formula is C15H26N2O2S2. The number of sulfonamides is 1. The molecule has 0 saturated carbocycles. The van der Waals surface area contributed by atoms with E-state index in [2.05, 4.69) is 17.0 Å². The molecule has 1 rings (SSSR count). The lowest BCUT2D eigenvalue weighted by Gasteiger charge is -2.16. The number of hydrogen-bond acceptors (Lipinski definition) is 4. The Bertz CT molecular complexity index is 545. The quantitative estimate of drug-likeness (QED) is 0.730. The molecule has 0 aliphatic rings. The van der Waals surface area contributed by atoms with Crippen molar-refractivity contribution < 1.29 is 8.42 Å². The number of hydrogen-bond donors (Lipinski definition) is 2. The Morgan fingerprint density at radius 2 is 2.00 bits per heavy atom. The fourth-order valence-electron chi connectivity index (χ4n) is 1.97. The molecule has 4 nitrogen and oxygen atoms in total. The number of benzene rings is 1. The molecule has 120 valence electrons. The summed E-state index contributed by atoms with van der Waals surface area (Å²) in [7, 11) is -3.46. The molecule has 0 aliphatic carbocycles. The van der Waals surface area contributed by atoms with Gasteiger partial charge in [-0.3, -0.25) is 0 Å². The zero-order valence-electron chi connectivity index (χ0n) is 13.3. The van der Waals surface area contributed by atoms with Crippen molar-refractivity contribution in [2.75, 3.05) is 18.1 Å². The summed E-state index contributed by atoms with van der Waals surface area (Å²) in [5.74, 6) is 1.77. The van der Waals surface area contributed by atoms with Crippen molar-refractivity contribution in [2.24, 2.45) is 0 Å². The van der Waals surface area contributed by atoms with Crippen LogP contribution in [0.15, 0.2) is 23.1 Å². The summed E-state index contributed by atoms with van der Waals surface area (Å²) >= 11 is 1.73. The van der Waals surface area contributed by atoms with Crippen LogP contribution in [0.25, 0.3) is 0 Å². The highest BCUT2D eigenvalue weighted by Gasteiger charge is 2.19. The van der Waals surface area contributed by atoms with Crippen LogP contribution in [0.3, 0.4) is 0 Å². The van der Waals surface area contributed by atoms with E-state index in [4.69, 9.17) is 0 Å². The molecule has 21 heavy (non-hydrogen) atoms. The van der Waals surface area contributed by atoms with Crippen molar-refractivity contribution in [3.8, 4) is 0 Å². The second-order valence-corrected chi connectivity index (χ2v) is 8.06. The van der Waals surface area contributed by atoms with E-state index in [9.17, 15) is 8.42 Å². The average molecular weight is 331 g/mol. The van der Waals surface area contributed by atoms with E-state index in [1.54, 1.807) is 17.8 Å². The molecule has 1 aromatic carbocycles. The van der Waals surface area contributed by atoms with Crippen molar-refractivity contribution in [3.63, 3.8) is 0 Å². The Morgan fingerprint density at radius 1 is 1.29 bits per heavy atom. The van der Waals surface area contributed by atoms with E-state index >= 15 is 0 Å². The maximum Gasteiger partial charge on any atom is 0.241 e. The van der Waals surface area contributed by atoms with Gasteiger partial charge in [-0.25, -0.2) is 13.1 Å². The van der Waals surface area contributed by atoms with E-state index in [1.165, 1.54) is 0 Å². The first kappa shape index (κ1) is 18.5. The van der Waals surface area contributed by atoms with Crippen LogP contribution in [-0.4, -0.2) is 32.5 Å². The minimum atomic E-state index is -3.46. The maximum atomic E-state index is 12.5. The molecule has 0 spiro atoms.